The molecular formula is C22H24FN3O2. The molecule has 28 heavy (non-hydrogen) atoms. The summed E-state index contributed by atoms with van der Waals surface area (Å²) in [4.78, 5) is 0. The third-order valence-corrected chi connectivity index (χ3v) is 4.79. The van der Waals surface area contributed by atoms with Crippen LogP contribution in [0.2, 0.25) is 0 Å². The Morgan fingerprint density at radius 3 is 2.71 bits per heavy atom. The smallest absolute Gasteiger partial charge is 0.161 e. The second kappa shape index (κ2) is 8.02. The lowest BCUT2D eigenvalue weighted by Gasteiger charge is -2.10. The van der Waals surface area contributed by atoms with E-state index in [1.165, 1.54) is 6.07 Å². The van der Waals surface area contributed by atoms with Crippen molar-refractivity contribution in [2.24, 2.45) is 7.05 Å². The van der Waals surface area contributed by atoms with Crippen molar-refractivity contribution in [2.45, 2.75) is 26.4 Å². The number of rotatable bonds is 5. The second-order valence-corrected chi connectivity index (χ2v) is 7.08. The Bertz CT molecular complexity index is 984. The normalized spacial score (nSPS) is 13.4. The first-order chi connectivity index (χ1) is 13.6. The first-order valence-electron chi connectivity index (χ1n) is 9.48. The zero-order chi connectivity index (χ0) is 19.5. The molecule has 0 aliphatic carbocycles. The second-order valence-electron chi connectivity index (χ2n) is 7.08. The fourth-order valence-electron chi connectivity index (χ4n) is 3.38. The molecule has 1 aliphatic heterocycles. The fourth-order valence-corrected chi connectivity index (χ4v) is 3.38. The van der Waals surface area contributed by atoms with Crippen LogP contribution in [0.1, 0.15) is 23.1 Å². The van der Waals surface area contributed by atoms with E-state index in [1.807, 2.05) is 48.3 Å². The SMILES string of the molecule is Cc1cc(CNCc2cn(C)nc2-c2ccc3c(c2)OCCCO3)ccc1F. The molecule has 1 aromatic heterocycles. The summed E-state index contributed by atoms with van der Waals surface area (Å²) >= 11 is 0. The Balaban J connectivity index is 1.50. The summed E-state index contributed by atoms with van der Waals surface area (Å²) in [5.74, 6) is 1.37. The maximum absolute atomic E-state index is 13.4. The number of ether oxygens (including phenoxy) is 2. The van der Waals surface area contributed by atoms with Gasteiger partial charge >= 0.3 is 0 Å². The van der Waals surface area contributed by atoms with Gasteiger partial charge in [0.25, 0.3) is 0 Å². The molecule has 0 spiro atoms. The molecule has 1 aliphatic rings. The molecule has 4 rings (SSSR count). The van der Waals surface area contributed by atoms with Crippen molar-refractivity contribution in [3.05, 3.63) is 65.1 Å². The molecule has 0 radical (unpaired) electrons. The minimum Gasteiger partial charge on any atom is -0.490 e. The predicted molar refractivity (Wildman–Crippen MR) is 106 cm³/mol. The summed E-state index contributed by atoms with van der Waals surface area (Å²) in [6.07, 6.45) is 2.90. The maximum atomic E-state index is 13.4. The van der Waals surface area contributed by atoms with Crippen LogP contribution < -0.4 is 14.8 Å². The predicted octanol–water partition coefficient (Wildman–Crippen LogP) is 3.99. The molecule has 0 atom stereocenters. The highest BCUT2D eigenvalue weighted by molar-refractivity contribution is 5.66. The molecule has 3 aromatic rings. The van der Waals surface area contributed by atoms with Crippen molar-refractivity contribution in [3.63, 3.8) is 0 Å². The van der Waals surface area contributed by atoms with Gasteiger partial charge in [0.15, 0.2) is 11.5 Å². The highest BCUT2D eigenvalue weighted by Gasteiger charge is 2.15. The van der Waals surface area contributed by atoms with Gasteiger partial charge in [0.05, 0.1) is 18.9 Å². The molecule has 146 valence electrons. The van der Waals surface area contributed by atoms with Crippen molar-refractivity contribution < 1.29 is 13.9 Å². The van der Waals surface area contributed by atoms with E-state index >= 15 is 0 Å². The summed E-state index contributed by atoms with van der Waals surface area (Å²) in [5.41, 5.74) is 4.73. The van der Waals surface area contributed by atoms with Crippen LogP contribution >= 0.6 is 0 Å². The first kappa shape index (κ1) is 18.5. The van der Waals surface area contributed by atoms with E-state index in [9.17, 15) is 4.39 Å². The molecule has 0 fully saturated rings. The minimum absolute atomic E-state index is 0.173. The van der Waals surface area contributed by atoms with Gasteiger partial charge in [-0.25, -0.2) is 4.39 Å². The highest BCUT2D eigenvalue weighted by Crippen LogP contribution is 2.34. The topological polar surface area (TPSA) is 48.3 Å². The molecule has 1 N–H and O–H groups in total. The van der Waals surface area contributed by atoms with E-state index in [4.69, 9.17) is 9.47 Å². The average Bonchev–Trinajstić information content (AvgIpc) is 2.90. The van der Waals surface area contributed by atoms with Crippen LogP contribution in [0, 0.1) is 12.7 Å². The van der Waals surface area contributed by atoms with Gasteiger partial charge in [0.2, 0.25) is 0 Å². The number of aryl methyl sites for hydroxylation is 2. The van der Waals surface area contributed by atoms with Crippen LogP contribution in [0.3, 0.4) is 0 Å². The van der Waals surface area contributed by atoms with Crippen molar-refractivity contribution in [1.82, 2.24) is 15.1 Å². The summed E-state index contributed by atoms with van der Waals surface area (Å²) in [6.45, 7) is 4.44. The zero-order valence-corrected chi connectivity index (χ0v) is 16.2. The van der Waals surface area contributed by atoms with E-state index in [-0.39, 0.29) is 5.82 Å². The molecule has 6 heteroatoms. The molecule has 0 saturated carbocycles. The number of nitrogens with zero attached hydrogens (tertiary/aromatic N) is 2. The van der Waals surface area contributed by atoms with Gasteiger partial charge in [0.1, 0.15) is 5.82 Å². The van der Waals surface area contributed by atoms with Crippen molar-refractivity contribution in [2.75, 3.05) is 13.2 Å². The summed E-state index contributed by atoms with van der Waals surface area (Å²) in [5, 5.41) is 8.06. The number of benzene rings is 2. The summed E-state index contributed by atoms with van der Waals surface area (Å²) < 4.78 is 26.8. The first-order valence-corrected chi connectivity index (χ1v) is 9.48. The molecule has 5 nitrogen and oxygen atoms in total. The number of aromatic nitrogens is 2. The van der Waals surface area contributed by atoms with Gasteiger partial charge in [-0.05, 0) is 42.3 Å². The quantitative estimate of drug-likeness (QED) is 0.726. The summed E-state index contributed by atoms with van der Waals surface area (Å²) in [7, 11) is 1.92. The lowest BCUT2D eigenvalue weighted by Crippen LogP contribution is -2.13. The Hall–Kier alpha value is -2.86. The Kier molecular flexibility index (Phi) is 5.30. The fraction of sp³-hybridized carbons (Fsp3) is 0.318. The molecule has 0 saturated heterocycles. The number of nitrogens with one attached hydrogen (secondary N) is 1. The van der Waals surface area contributed by atoms with Gasteiger partial charge in [-0.15, -0.1) is 0 Å². The summed E-state index contributed by atoms with van der Waals surface area (Å²) in [6, 6.07) is 11.2. The van der Waals surface area contributed by atoms with Gasteiger partial charge in [-0.2, -0.15) is 5.10 Å². The van der Waals surface area contributed by atoms with Crippen LogP contribution in [0.25, 0.3) is 11.3 Å². The average molecular weight is 381 g/mol. The number of hydrogen-bond donors (Lipinski definition) is 1. The van der Waals surface area contributed by atoms with Crippen molar-refractivity contribution in [1.29, 1.82) is 0 Å². The Morgan fingerprint density at radius 2 is 1.89 bits per heavy atom. The third-order valence-electron chi connectivity index (χ3n) is 4.79. The van der Waals surface area contributed by atoms with E-state index in [2.05, 4.69) is 10.4 Å². The molecule has 2 heterocycles. The van der Waals surface area contributed by atoms with E-state index in [0.717, 1.165) is 40.3 Å². The largest absolute Gasteiger partial charge is 0.490 e. The number of halogens is 1. The van der Waals surface area contributed by atoms with Crippen LogP contribution in [-0.2, 0) is 20.1 Å². The van der Waals surface area contributed by atoms with Crippen LogP contribution in [0.15, 0.2) is 42.6 Å². The highest BCUT2D eigenvalue weighted by atomic mass is 19.1. The lowest BCUT2D eigenvalue weighted by atomic mass is 10.1. The monoisotopic (exact) mass is 381 g/mol. The van der Waals surface area contributed by atoms with Crippen molar-refractivity contribution >= 4 is 0 Å². The molecule has 0 amide bonds. The van der Waals surface area contributed by atoms with Crippen LogP contribution in [0.4, 0.5) is 4.39 Å². The molecule has 2 aromatic carbocycles. The van der Waals surface area contributed by atoms with E-state index in [0.29, 0.717) is 31.9 Å². The van der Waals surface area contributed by atoms with Gasteiger partial charge < -0.3 is 14.8 Å². The van der Waals surface area contributed by atoms with Crippen molar-refractivity contribution in [3.8, 4) is 22.8 Å². The van der Waals surface area contributed by atoms with Crippen LogP contribution in [0.5, 0.6) is 11.5 Å². The van der Waals surface area contributed by atoms with E-state index in [1.54, 1.807) is 6.92 Å². The molecule has 0 bridgehead atoms. The maximum Gasteiger partial charge on any atom is 0.161 e. The van der Waals surface area contributed by atoms with Crippen LogP contribution in [-0.4, -0.2) is 23.0 Å². The Labute approximate surface area is 164 Å². The minimum atomic E-state index is -0.173. The molecular weight excluding hydrogens is 357 g/mol. The third kappa shape index (κ3) is 4.02. The lowest BCUT2D eigenvalue weighted by molar-refractivity contribution is 0.297. The van der Waals surface area contributed by atoms with Gasteiger partial charge in [-0.1, -0.05) is 12.1 Å². The van der Waals surface area contributed by atoms with Gasteiger partial charge in [0, 0.05) is 43.9 Å². The molecule has 0 unspecified atom stereocenters. The standard InChI is InChI=1S/C22H24FN3O2/c1-15-10-16(4-6-19(15)23)12-24-13-18-14-26(2)25-22(18)17-5-7-20-21(11-17)28-9-3-8-27-20/h4-7,10-11,14,24H,3,8-9,12-13H2,1-2H3. The zero-order valence-electron chi connectivity index (χ0n) is 16.2. The number of fused-ring (bicyclic) bond motifs is 1. The van der Waals surface area contributed by atoms with Gasteiger partial charge in [-0.3, -0.25) is 4.68 Å². The number of hydrogen-bond acceptors (Lipinski definition) is 4. The Morgan fingerprint density at radius 1 is 1.07 bits per heavy atom. The van der Waals surface area contributed by atoms with E-state index < -0.39 is 0 Å².